The third-order valence-corrected chi connectivity index (χ3v) is 4.80. The molecule has 0 saturated heterocycles. The van der Waals surface area contributed by atoms with Crippen molar-refractivity contribution in [2.75, 3.05) is 14.2 Å². The van der Waals surface area contributed by atoms with Gasteiger partial charge in [-0.15, -0.1) is 0 Å². The van der Waals surface area contributed by atoms with Gasteiger partial charge in [0.25, 0.3) is 0 Å². The molecule has 0 atom stereocenters. The Morgan fingerprint density at radius 3 is 2.21 bits per heavy atom. The molecule has 0 unspecified atom stereocenters. The molecular formula is C25H26O4. The topological polar surface area (TPSA) is 44.8 Å². The van der Waals surface area contributed by atoms with E-state index >= 15 is 0 Å². The zero-order valence-electron chi connectivity index (χ0n) is 17.1. The minimum absolute atomic E-state index is 0.0390. The lowest BCUT2D eigenvalue weighted by molar-refractivity contribution is 0.0992. The molecule has 0 fully saturated rings. The number of carbonyl (C=O) groups excluding carboxylic acids is 1. The normalized spacial score (nSPS) is 10.4. The van der Waals surface area contributed by atoms with Gasteiger partial charge >= 0.3 is 0 Å². The van der Waals surface area contributed by atoms with Crippen molar-refractivity contribution in [3.63, 3.8) is 0 Å². The molecule has 0 aliphatic heterocycles. The highest BCUT2D eigenvalue weighted by molar-refractivity contribution is 5.98. The maximum absolute atomic E-state index is 12.9. The first kappa shape index (κ1) is 20.5. The van der Waals surface area contributed by atoms with Gasteiger partial charge in [-0.3, -0.25) is 4.79 Å². The lowest BCUT2D eigenvalue weighted by Gasteiger charge is -2.16. The Bertz CT molecular complexity index is 947. The molecule has 29 heavy (non-hydrogen) atoms. The first-order valence-electron chi connectivity index (χ1n) is 9.68. The zero-order valence-corrected chi connectivity index (χ0v) is 17.1. The van der Waals surface area contributed by atoms with Crippen LogP contribution in [0, 0.1) is 0 Å². The maximum atomic E-state index is 12.9. The number of rotatable bonds is 9. The fraction of sp³-hybridized carbons (Fsp3) is 0.240. The van der Waals surface area contributed by atoms with Gasteiger partial charge in [-0.2, -0.15) is 0 Å². The highest BCUT2D eigenvalue weighted by atomic mass is 16.5. The molecular weight excluding hydrogens is 364 g/mol. The summed E-state index contributed by atoms with van der Waals surface area (Å²) in [5.41, 5.74) is 3.58. The number of hydrogen-bond donors (Lipinski definition) is 0. The van der Waals surface area contributed by atoms with Crippen LogP contribution >= 0.6 is 0 Å². The Balaban J connectivity index is 1.84. The van der Waals surface area contributed by atoms with Gasteiger partial charge in [0, 0.05) is 12.0 Å². The van der Waals surface area contributed by atoms with Gasteiger partial charge < -0.3 is 14.2 Å². The molecule has 0 spiro atoms. The van der Waals surface area contributed by atoms with E-state index in [1.165, 1.54) is 0 Å². The molecule has 0 heterocycles. The number of aryl methyl sites for hydroxylation is 1. The van der Waals surface area contributed by atoms with Gasteiger partial charge in [0.2, 0.25) is 0 Å². The van der Waals surface area contributed by atoms with Crippen LogP contribution in [0.3, 0.4) is 0 Å². The van der Waals surface area contributed by atoms with Crippen LogP contribution in [0.5, 0.6) is 17.2 Å². The largest absolute Gasteiger partial charge is 0.497 e. The van der Waals surface area contributed by atoms with Crippen LogP contribution in [0.2, 0.25) is 0 Å². The highest BCUT2D eigenvalue weighted by Crippen LogP contribution is 2.34. The molecule has 3 rings (SSSR count). The average Bonchev–Trinajstić information content (AvgIpc) is 2.78. The molecule has 0 aliphatic carbocycles. The number of Topliss-reactive ketones (excluding diaryl/α,β-unsaturated/α-hetero) is 1. The van der Waals surface area contributed by atoms with Crippen LogP contribution in [0.1, 0.15) is 34.0 Å². The molecule has 0 aliphatic rings. The van der Waals surface area contributed by atoms with Crippen molar-refractivity contribution in [3.8, 4) is 17.2 Å². The van der Waals surface area contributed by atoms with Gasteiger partial charge in [0.1, 0.15) is 12.4 Å². The molecule has 0 N–H and O–H groups in total. The summed E-state index contributed by atoms with van der Waals surface area (Å²) in [6.07, 6.45) is 1.06. The summed E-state index contributed by atoms with van der Waals surface area (Å²) in [5, 5.41) is 0. The first-order valence-corrected chi connectivity index (χ1v) is 9.68. The highest BCUT2D eigenvalue weighted by Gasteiger charge is 2.16. The number of hydrogen-bond acceptors (Lipinski definition) is 4. The van der Waals surface area contributed by atoms with E-state index in [0.29, 0.717) is 30.1 Å². The molecule has 3 aromatic rings. The van der Waals surface area contributed by atoms with E-state index in [2.05, 4.69) is 0 Å². The van der Waals surface area contributed by atoms with Crippen LogP contribution in [0.4, 0.5) is 0 Å². The number of ether oxygens (including phenoxy) is 3. The van der Waals surface area contributed by atoms with Gasteiger partial charge in [-0.1, -0.05) is 49.4 Å². The lowest BCUT2D eigenvalue weighted by Crippen LogP contribution is -2.07. The van der Waals surface area contributed by atoms with E-state index in [1.54, 1.807) is 20.3 Å². The molecule has 150 valence electrons. The average molecular weight is 390 g/mol. The predicted octanol–water partition coefficient (Wildman–Crippen LogP) is 5.27. The fourth-order valence-electron chi connectivity index (χ4n) is 3.19. The van der Waals surface area contributed by atoms with Crippen LogP contribution in [0.25, 0.3) is 0 Å². The van der Waals surface area contributed by atoms with E-state index in [1.807, 2.05) is 67.6 Å². The Morgan fingerprint density at radius 1 is 0.862 bits per heavy atom. The second kappa shape index (κ2) is 9.78. The van der Waals surface area contributed by atoms with Gasteiger partial charge in [0.05, 0.1) is 14.2 Å². The number of benzene rings is 3. The Kier molecular flexibility index (Phi) is 6.90. The van der Waals surface area contributed by atoms with Crippen molar-refractivity contribution >= 4 is 5.78 Å². The van der Waals surface area contributed by atoms with Gasteiger partial charge in [-0.05, 0) is 47.4 Å². The minimum atomic E-state index is 0.0390. The molecule has 3 aromatic carbocycles. The quantitative estimate of drug-likeness (QED) is 0.467. The SMILES string of the molecule is CCc1cc(C(=O)Cc2ccc(OC)cc2)cc(OCc2ccccc2)c1OC. The molecule has 4 heteroatoms. The smallest absolute Gasteiger partial charge is 0.167 e. The van der Waals surface area contributed by atoms with Crippen molar-refractivity contribution < 1.29 is 19.0 Å². The second-order valence-electron chi connectivity index (χ2n) is 6.74. The van der Waals surface area contributed by atoms with E-state index < -0.39 is 0 Å². The van der Waals surface area contributed by atoms with Crippen molar-refractivity contribution in [1.82, 2.24) is 0 Å². The van der Waals surface area contributed by atoms with Gasteiger partial charge in [0.15, 0.2) is 17.3 Å². The standard InChI is InChI=1S/C25H26O4/c1-4-20-15-21(23(26)14-18-10-12-22(27-2)13-11-18)16-24(25(20)28-3)29-17-19-8-6-5-7-9-19/h5-13,15-16H,4,14,17H2,1-3H3. The third kappa shape index (κ3) is 5.17. The van der Waals surface area contributed by atoms with E-state index in [0.717, 1.165) is 28.9 Å². The summed E-state index contributed by atoms with van der Waals surface area (Å²) in [4.78, 5) is 12.9. The Labute approximate surface area is 172 Å². The summed E-state index contributed by atoms with van der Waals surface area (Å²) >= 11 is 0. The van der Waals surface area contributed by atoms with E-state index in [9.17, 15) is 4.79 Å². The summed E-state index contributed by atoms with van der Waals surface area (Å²) in [7, 11) is 3.25. The van der Waals surface area contributed by atoms with Crippen LogP contribution < -0.4 is 14.2 Å². The van der Waals surface area contributed by atoms with Crippen molar-refractivity contribution in [1.29, 1.82) is 0 Å². The van der Waals surface area contributed by atoms with Crippen molar-refractivity contribution in [2.45, 2.75) is 26.4 Å². The first-order chi connectivity index (χ1) is 14.1. The van der Waals surface area contributed by atoms with Crippen LogP contribution in [-0.4, -0.2) is 20.0 Å². The molecule has 0 bridgehead atoms. The van der Waals surface area contributed by atoms with E-state index in [-0.39, 0.29) is 5.78 Å². The fourth-order valence-corrected chi connectivity index (χ4v) is 3.19. The lowest BCUT2D eigenvalue weighted by atomic mass is 9.99. The number of methoxy groups -OCH3 is 2. The summed E-state index contributed by atoms with van der Waals surface area (Å²) in [5.74, 6) is 2.09. The summed E-state index contributed by atoms with van der Waals surface area (Å²) < 4.78 is 16.8. The molecule has 4 nitrogen and oxygen atoms in total. The summed E-state index contributed by atoms with van der Waals surface area (Å²) in [6, 6.07) is 21.2. The molecule has 0 saturated carbocycles. The maximum Gasteiger partial charge on any atom is 0.167 e. The Morgan fingerprint density at radius 2 is 1.59 bits per heavy atom. The molecule has 0 aromatic heterocycles. The Hall–Kier alpha value is -3.27. The van der Waals surface area contributed by atoms with Gasteiger partial charge in [-0.25, -0.2) is 0 Å². The van der Waals surface area contributed by atoms with Crippen LogP contribution in [0.15, 0.2) is 66.7 Å². The van der Waals surface area contributed by atoms with Crippen molar-refractivity contribution in [2.24, 2.45) is 0 Å². The second-order valence-corrected chi connectivity index (χ2v) is 6.74. The predicted molar refractivity (Wildman–Crippen MR) is 114 cm³/mol. The monoisotopic (exact) mass is 390 g/mol. The van der Waals surface area contributed by atoms with Crippen molar-refractivity contribution in [3.05, 3.63) is 89.0 Å². The molecule has 0 amide bonds. The number of carbonyl (C=O) groups is 1. The van der Waals surface area contributed by atoms with Crippen LogP contribution in [-0.2, 0) is 19.4 Å². The van der Waals surface area contributed by atoms with E-state index in [4.69, 9.17) is 14.2 Å². The summed E-state index contributed by atoms with van der Waals surface area (Å²) in [6.45, 7) is 2.45. The third-order valence-electron chi connectivity index (χ3n) is 4.80. The molecule has 0 radical (unpaired) electrons. The minimum Gasteiger partial charge on any atom is -0.497 e. The zero-order chi connectivity index (χ0) is 20.6. The number of ketones is 1.